The summed E-state index contributed by atoms with van der Waals surface area (Å²) in [5.74, 6) is -0.716. The molecule has 78 valence electrons. The van der Waals surface area contributed by atoms with Crippen LogP contribution in [-0.2, 0) is 18.3 Å². The molecule has 0 aliphatic rings. The summed E-state index contributed by atoms with van der Waals surface area (Å²) < 4.78 is 1.85. The van der Waals surface area contributed by atoms with Gasteiger partial charge in [-0.2, -0.15) is 0 Å². The molecule has 0 saturated heterocycles. The van der Waals surface area contributed by atoms with Gasteiger partial charge in [0.1, 0.15) is 5.75 Å². The van der Waals surface area contributed by atoms with E-state index in [9.17, 15) is 9.90 Å². The van der Waals surface area contributed by atoms with Crippen molar-refractivity contribution in [3.8, 4) is 5.75 Å². The number of hydrogen-bond acceptors (Lipinski definition) is 2. The molecule has 1 heterocycles. The molecule has 2 rings (SSSR count). The minimum absolute atomic E-state index is 0.0270. The van der Waals surface area contributed by atoms with Crippen molar-refractivity contribution in [1.82, 2.24) is 4.57 Å². The number of aliphatic carboxylic acids is 1. The van der Waals surface area contributed by atoms with Crippen LogP contribution in [0.4, 0.5) is 0 Å². The Bertz CT molecular complexity index is 528. The average molecular weight is 205 g/mol. The van der Waals surface area contributed by atoms with Crippen LogP contribution in [0.25, 0.3) is 10.9 Å². The van der Waals surface area contributed by atoms with Crippen molar-refractivity contribution in [3.63, 3.8) is 0 Å². The summed E-state index contributed by atoms with van der Waals surface area (Å²) >= 11 is 0. The summed E-state index contributed by atoms with van der Waals surface area (Å²) in [6.45, 7) is 0. The Morgan fingerprint density at radius 1 is 1.47 bits per heavy atom. The van der Waals surface area contributed by atoms with Gasteiger partial charge >= 0.3 is 5.97 Å². The lowest BCUT2D eigenvalue weighted by Crippen LogP contribution is -1.98. The molecule has 0 saturated carbocycles. The molecule has 2 aromatic rings. The van der Waals surface area contributed by atoms with Crippen molar-refractivity contribution < 1.29 is 15.0 Å². The van der Waals surface area contributed by atoms with Crippen molar-refractivity contribution in [3.05, 3.63) is 30.0 Å². The first-order valence-corrected chi connectivity index (χ1v) is 4.56. The third-order valence-electron chi connectivity index (χ3n) is 2.40. The van der Waals surface area contributed by atoms with E-state index in [1.54, 1.807) is 24.4 Å². The van der Waals surface area contributed by atoms with Crippen LogP contribution in [0.3, 0.4) is 0 Å². The van der Waals surface area contributed by atoms with E-state index in [1.807, 2.05) is 11.6 Å². The third-order valence-corrected chi connectivity index (χ3v) is 2.40. The van der Waals surface area contributed by atoms with Gasteiger partial charge < -0.3 is 14.8 Å². The first-order chi connectivity index (χ1) is 7.08. The van der Waals surface area contributed by atoms with Crippen LogP contribution in [0.15, 0.2) is 24.4 Å². The molecule has 0 unspecified atom stereocenters. The van der Waals surface area contributed by atoms with Crippen molar-refractivity contribution in [1.29, 1.82) is 0 Å². The summed E-state index contributed by atoms with van der Waals surface area (Å²) in [5, 5.41) is 18.9. The van der Waals surface area contributed by atoms with Crippen molar-refractivity contribution >= 4 is 16.9 Å². The Kier molecular flexibility index (Phi) is 2.11. The Hall–Kier alpha value is -1.97. The molecule has 4 nitrogen and oxygen atoms in total. The van der Waals surface area contributed by atoms with Gasteiger partial charge in [-0.25, -0.2) is 0 Å². The van der Waals surface area contributed by atoms with E-state index in [2.05, 4.69) is 0 Å². The molecule has 2 N–H and O–H groups in total. The first-order valence-electron chi connectivity index (χ1n) is 4.56. The molecule has 0 aliphatic heterocycles. The molecule has 0 aliphatic carbocycles. The number of aromatic hydroxyl groups is 1. The fraction of sp³-hybridized carbons (Fsp3) is 0.182. The minimum atomic E-state index is -0.870. The molecule has 0 spiro atoms. The van der Waals surface area contributed by atoms with Crippen LogP contribution < -0.4 is 0 Å². The lowest BCUT2D eigenvalue weighted by molar-refractivity contribution is -0.136. The highest BCUT2D eigenvalue weighted by Gasteiger charge is 2.09. The van der Waals surface area contributed by atoms with E-state index in [-0.39, 0.29) is 12.2 Å². The quantitative estimate of drug-likeness (QED) is 0.781. The molecule has 4 heteroatoms. The van der Waals surface area contributed by atoms with Gasteiger partial charge in [0.15, 0.2) is 0 Å². The summed E-state index contributed by atoms with van der Waals surface area (Å²) in [6, 6.07) is 4.95. The van der Waals surface area contributed by atoms with E-state index in [0.29, 0.717) is 0 Å². The van der Waals surface area contributed by atoms with E-state index in [4.69, 9.17) is 5.11 Å². The molecule has 0 bridgehead atoms. The van der Waals surface area contributed by atoms with Crippen LogP contribution in [0.2, 0.25) is 0 Å². The highest BCUT2D eigenvalue weighted by atomic mass is 16.4. The van der Waals surface area contributed by atoms with E-state index < -0.39 is 5.97 Å². The summed E-state index contributed by atoms with van der Waals surface area (Å²) in [5.41, 5.74) is 1.64. The molecule has 0 amide bonds. The Balaban J connectivity index is 2.64. The fourth-order valence-corrected chi connectivity index (χ4v) is 1.77. The maximum absolute atomic E-state index is 10.6. The van der Waals surface area contributed by atoms with Crippen LogP contribution in [0, 0.1) is 0 Å². The largest absolute Gasteiger partial charge is 0.508 e. The summed E-state index contributed by atoms with van der Waals surface area (Å²) in [4.78, 5) is 10.6. The fourth-order valence-electron chi connectivity index (χ4n) is 1.77. The maximum Gasteiger partial charge on any atom is 0.307 e. The zero-order valence-electron chi connectivity index (χ0n) is 8.27. The van der Waals surface area contributed by atoms with Gasteiger partial charge in [-0.1, -0.05) is 0 Å². The number of phenols is 1. The lowest BCUT2D eigenvalue weighted by Gasteiger charge is -1.96. The normalized spacial score (nSPS) is 10.7. The molecule has 1 aromatic carbocycles. The SMILES string of the molecule is Cn1cc(CC(=O)O)c2cc(O)ccc21. The first kappa shape index (κ1) is 9.58. The maximum atomic E-state index is 10.6. The standard InChI is InChI=1S/C11H11NO3/c1-12-6-7(4-11(14)15)9-5-8(13)2-3-10(9)12/h2-3,5-6,13H,4H2,1H3,(H,14,15). The highest BCUT2D eigenvalue weighted by molar-refractivity contribution is 5.88. The number of phenolic OH excluding ortho intramolecular Hbond substituents is 1. The van der Waals surface area contributed by atoms with Crippen molar-refractivity contribution in [2.24, 2.45) is 7.05 Å². The second kappa shape index (κ2) is 3.31. The number of carboxylic acid groups (broad SMARTS) is 1. The number of hydrogen-bond donors (Lipinski definition) is 2. The number of carboxylic acids is 1. The van der Waals surface area contributed by atoms with Crippen molar-refractivity contribution in [2.75, 3.05) is 0 Å². The Morgan fingerprint density at radius 3 is 2.87 bits per heavy atom. The Labute approximate surface area is 86.4 Å². The third kappa shape index (κ3) is 1.66. The predicted molar refractivity (Wildman–Crippen MR) is 55.9 cm³/mol. The van der Waals surface area contributed by atoms with Gasteiger partial charge in [-0.3, -0.25) is 4.79 Å². The van der Waals surface area contributed by atoms with Gasteiger partial charge in [-0.15, -0.1) is 0 Å². The van der Waals surface area contributed by atoms with Gasteiger partial charge in [0.05, 0.1) is 6.42 Å². The molecule has 0 radical (unpaired) electrons. The van der Waals surface area contributed by atoms with Crippen LogP contribution in [0.5, 0.6) is 5.75 Å². The number of fused-ring (bicyclic) bond motifs is 1. The lowest BCUT2D eigenvalue weighted by atomic mass is 10.1. The number of aryl methyl sites for hydroxylation is 1. The minimum Gasteiger partial charge on any atom is -0.508 e. The van der Waals surface area contributed by atoms with Crippen LogP contribution >= 0.6 is 0 Å². The van der Waals surface area contributed by atoms with E-state index in [0.717, 1.165) is 16.5 Å². The smallest absolute Gasteiger partial charge is 0.307 e. The molecule has 0 fully saturated rings. The monoisotopic (exact) mass is 205 g/mol. The molecular formula is C11H11NO3. The molecular weight excluding hydrogens is 194 g/mol. The number of aromatic nitrogens is 1. The van der Waals surface area contributed by atoms with Gasteiger partial charge in [0.25, 0.3) is 0 Å². The van der Waals surface area contributed by atoms with Gasteiger partial charge in [-0.05, 0) is 23.8 Å². The van der Waals surface area contributed by atoms with Gasteiger partial charge in [0.2, 0.25) is 0 Å². The average Bonchev–Trinajstić information content (AvgIpc) is 2.42. The molecule has 1 aromatic heterocycles. The number of nitrogens with zero attached hydrogens (tertiary/aromatic N) is 1. The highest BCUT2D eigenvalue weighted by Crippen LogP contribution is 2.25. The summed E-state index contributed by atoms with van der Waals surface area (Å²) in [7, 11) is 1.85. The van der Waals surface area contributed by atoms with Crippen LogP contribution in [0.1, 0.15) is 5.56 Å². The second-order valence-corrected chi connectivity index (χ2v) is 3.54. The van der Waals surface area contributed by atoms with Gasteiger partial charge in [0, 0.05) is 24.1 Å². The summed E-state index contributed by atoms with van der Waals surface area (Å²) in [6.07, 6.45) is 1.75. The number of rotatable bonds is 2. The predicted octanol–water partition coefficient (Wildman–Crippen LogP) is 1.51. The van der Waals surface area contributed by atoms with Crippen molar-refractivity contribution in [2.45, 2.75) is 6.42 Å². The number of carbonyl (C=O) groups is 1. The Morgan fingerprint density at radius 2 is 2.20 bits per heavy atom. The second-order valence-electron chi connectivity index (χ2n) is 3.54. The molecule has 0 atom stereocenters. The number of benzene rings is 1. The van der Waals surface area contributed by atoms with Crippen LogP contribution in [-0.4, -0.2) is 20.7 Å². The van der Waals surface area contributed by atoms with E-state index in [1.165, 1.54) is 0 Å². The zero-order chi connectivity index (χ0) is 11.0. The zero-order valence-corrected chi connectivity index (χ0v) is 8.27. The van der Waals surface area contributed by atoms with E-state index >= 15 is 0 Å². The topological polar surface area (TPSA) is 62.5 Å². The molecule has 15 heavy (non-hydrogen) atoms.